The van der Waals surface area contributed by atoms with Crippen molar-refractivity contribution >= 4 is 21.9 Å². The van der Waals surface area contributed by atoms with E-state index in [0.29, 0.717) is 18.0 Å². The predicted octanol–water partition coefficient (Wildman–Crippen LogP) is 3.16. The van der Waals surface area contributed by atoms with E-state index in [4.69, 9.17) is 0 Å². The van der Waals surface area contributed by atoms with Crippen LogP contribution >= 0.6 is 15.9 Å². The molecule has 3 N–H and O–H groups in total. The maximum absolute atomic E-state index is 9.62. The zero-order valence-corrected chi connectivity index (χ0v) is 15.2. The van der Waals surface area contributed by atoms with Crippen LogP contribution in [0.15, 0.2) is 33.7 Å². The molecule has 2 saturated carbocycles. The van der Waals surface area contributed by atoms with E-state index in [1.165, 1.54) is 5.56 Å². The minimum Gasteiger partial charge on any atom is -0.393 e. The van der Waals surface area contributed by atoms with Gasteiger partial charge in [0.15, 0.2) is 5.96 Å². The van der Waals surface area contributed by atoms with Crippen LogP contribution in [0.2, 0.25) is 0 Å². The molecule has 1 aromatic carbocycles. The van der Waals surface area contributed by atoms with Crippen molar-refractivity contribution in [3.8, 4) is 0 Å². The molecule has 2 aliphatic carbocycles. The molecule has 2 aliphatic rings. The standard InChI is InChI=1S/C18H26BrN3O/c1-2-20-18(21-14-7-9-15(23)10-8-14)22-17-11-16(17)12-3-5-13(19)6-4-12/h3-6,14-17,23H,2,7-11H2,1H3,(H2,20,21,22). The second-order valence-electron chi connectivity index (χ2n) is 6.62. The number of halogens is 1. The molecule has 2 unspecified atom stereocenters. The maximum Gasteiger partial charge on any atom is 0.191 e. The first-order valence-electron chi connectivity index (χ1n) is 8.66. The van der Waals surface area contributed by atoms with Gasteiger partial charge in [-0.1, -0.05) is 28.1 Å². The molecule has 0 radical (unpaired) electrons. The van der Waals surface area contributed by atoms with E-state index in [-0.39, 0.29) is 6.10 Å². The van der Waals surface area contributed by atoms with Crippen LogP contribution in [0.4, 0.5) is 0 Å². The van der Waals surface area contributed by atoms with E-state index >= 15 is 0 Å². The van der Waals surface area contributed by atoms with Crippen molar-refractivity contribution in [3.05, 3.63) is 34.3 Å². The van der Waals surface area contributed by atoms with E-state index in [2.05, 4.69) is 62.7 Å². The first-order valence-corrected chi connectivity index (χ1v) is 9.46. The Balaban J connectivity index is 1.52. The van der Waals surface area contributed by atoms with E-state index in [1.54, 1.807) is 0 Å². The van der Waals surface area contributed by atoms with Gasteiger partial charge >= 0.3 is 0 Å². The first kappa shape index (κ1) is 16.8. The molecule has 126 valence electrons. The minimum absolute atomic E-state index is 0.113. The van der Waals surface area contributed by atoms with Crippen molar-refractivity contribution in [2.75, 3.05) is 6.54 Å². The molecule has 4 nitrogen and oxygen atoms in total. The fraction of sp³-hybridized carbons (Fsp3) is 0.611. The van der Waals surface area contributed by atoms with Gasteiger partial charge in [-0.2, -0.15) is 0 Å². The monoisotopic (exact) mass is 379 g/mol. The van der Waals surface area contributed by atoms with E-state index < -0.39 is 0 Å². The number of hydrogen-bond acceptors (Lipinski definition) is 2. The van der Waals surface area contributed by atoms with E-state index in [0.717, 1.165) is 49.1 Å². The van der Waals surface area contributed by atoms with Crippen molar-refractivity contribution in [3.63, 3.8) is 0 Å². The highest BCUT2D eigenvalue weighted by atomic mass is 79.9. The summed E-state index contributed by atoms with van der Waals surface area (Å²) in [5.74, 6) is 1.51. The Bertz CT molecular complexity index is 538. The van der Waals surface area contributed by atoms with Gasteiger partial charge in [-0.05, 0) is 56.7 Å². The molecule has 0 heterocycles. The van der Waals surface area contributed by atoms with Crippen molar-refractivity contribution in [2.45, 2.75) is 63.1 Å². The summed E-state index contributed by atoms with van der Waals surface area (Å²) in [4.78, 5) is 4.58. The Kier molecular flexibility index (Phi) is 5.59. The van der Waals surface area contributed by atoms with E-state index in [9.17, 15) is 5.11 Å². The third kappa shape index (κ3) is 4.70. The van der Waals surface area contributed by atoms with Gasteiger partial charge < -0.3 is 15.7 Å². The van der Waals surface area contributed by atoms with Crippen LogP contribution in [-0.4, -0.2) is 35.8 Å². The number of aliphatic hydroxyl groups excluding tert-OH is 1. The highest BCUT2D eigenvalue weighted by Crippen LogP contribution is 2.41. The van der Waals surface area contributed by atoms with Crippen LogP contribution in [0.25, 0.3) is 0 Å². The molecule has 0 saturated heterocycles. The molecule has 0 amide bonds. The molecule has 5 heteroatoms. The Morgan fingerprint density at radius 3 is 2.52 bits per heavy atom. The molecule has 3 rings (SSSR count). The molecule has 2 atom stereocenters. The van der Waals surface area contributed by atoms with Gasteiger partial charge in [0, 0.05) is 29.0 Å². The zero-order valence-electron chi connectivity index (χ0n) is 13.6. The van der Waals surface area contributed by atoms with Crippen LogP contribution < -0.4 is 10.6 Å². The number of guanidine groups is 1. The highest BCUT2D eigenvalue weighted by Gasteiger charge is 2.39. The average Bonchev–Trinajstić information content (AvgIpc) is 3.30. The molecular weight excluding hydrogens is 354 g/mol. The topological polar surface area (TPSA) is 56.7 Å². The van der Waals surface area contributed by atoms with Crippen LogP contribution in [0.5, 0.6) is 0 Å². The summed E-state index contributed by atoms with van der Waals surface area (Å²) >= 11 is 3.49. The lowest BCUT2D eigenvalue weighted by Crippen LogP contribution is -2.46. The van der Waals surface area contributed by atoms with Gasteiger partial charge in [-0.15, -0.1) is 0 Å². The molecular formula is C18H26BrN3O. The zero-order chi connectivity index (χ0) is 16.2. The van der Waals surface area contributed by atoms with Gasteiger partial charge in [0.25, 0.3) is 0 Å². The van der Waals surface area contributed by atoms with Crippen LogP contribution in [0, 0.1) is 0 Å². The molecule has 0 spiro atoms. The fourth-order valence-electron chi connectivity index (χ4n) is 3.31. The smallest absolute Gasteiger partial charge is 0.191 e. The molecule has 2 fully saturated rings. The van der Waals surface area contributed by atoms with Gasteiger partial charge in [0.2, 0.25) is 0 Å². The van der Waals surface area contributed by atoms with Gasteiger partial charge in [0.1, 0.15) is 0 Å². The third-order valence-corrected chi connectivity index (χ3v) is 5.29. The quantitative estimate of drug-likeness (QED) is 0.556. The summed E-state index contributed by atoms with van der Waals surface area (Å²) in [7, 11) is 0. The second-order valence-corrected chi connectivity index (χ2v) is 7.53. The van der Waals surface area contributed by atoms with E-state index in [1.807, 2.05) is 0 Å². The van der Waals surface area contributed by atoms with Crippen LogP contribution in [-0.2, 0) is 0 Å². The number of hydrogen-bond donors (Lipinski definition) is 3. The van der Waals surface area contributed by atoms with Gasteiger partial charge in [0.05, 0.1) is 6.10 Å². The normalized spacial score (nSPS) is 30.8. The van der Waals surface area contributed by atoms with Crippen LogP contribution in [0.1, 0.15) is 50.5 Å². The van der Waals surface area contributed by atoms with Gasteiger partial charge in [-0.25, -0.2) is 0 Å². The summed E-state index contributed by atoms with van der Waals surface area (Å²) in [5.41, 5.74) is 1.39. The second kappa shape index (κ2) is 7.67. The number of aliphatic hydroxyl groups is 1. The largest absolute Gasteiger partial charge is 0.393 e. The van der Waals surface area contributed by atoms with Crippen molar-refractivity contribution in [1.82, 2.24) is 10.6 Å². The number of rotatable bonds is 4. The summed E-state index contributed by atoms with van der Waals surface area (Å²) in [6.45, 7) is 2.84. The Hall–Kier alpha value is -1.07. The Morgan fingerprint density at radius 2 is 1.87 bits per heavy atom. The number of nitrogens with zero attached hydrogens (tertiary/aromatic N) is 1. The Morgan fingerprint density at radius 1 is 1.17 bits per heavy atom. The van der Waals surface area contributed by atoms with Crippen molar-refractivity contribution in [2.24, 2.45) is 4.99 Å². The Labute approximate surface area is 146 Å². The highest BCUT2D eigenvalue weighted by molar-refractivity contribution is 9.10. The van der Waals surface area contributed by atoms with Crippen LogP contribution in [0.3, 0.4) is 0 Å². The molecule has 0 bridgehead atoms. The van der Waals surface area contributed by atoms with Gasteiger partial charge in [-0.3, -0.25) is 4.99 Å². The predicted molar refractivity (Wildman–Crippen MR) is 97.8 cm³/mol. The third-order valence-electron chi connectivity index (χ3n) is 4.76. The lowest BCUT2D eigenvalue weighted by Gasteiger charge is -2.27. The number of aliphatic imine (C=N–C) groups is 1. The summed E-state index contributed by atoms with van der Waals surface area (Å²) in [5, 5.41) is 16.8. The maximum atomic E-state index is 9.62. The fourth-order valence-corrected chi connectivity index (χ4v) is 3.58. The summed E-state index contributed by atoms with van der Waals surface area (Å²) < 4.78 is 1.13. The molecule has 0 aliphatic heterocycles. The number of nitrogens with one attached hydrogen (secondary N) is 2. The van der Waals surface area contributed by atoms with Crippen molar-refractivity contribution < 1.29 is 5.11 Å². The lowest BCUT2D eigenvalue weighted by molar-refractivity contribution is 0.120. The lowest BCUT2D eigenvalue weighted by atomic mass is 9.93. The molecule has 1 aromatic rings. The molecule has 23 heavy (non-hydrogen) atoms. The average molecular weight is 380 g/mol. The summed E-state index contributed by atoms with van der Waals surface area (Å²) in [6.07, 6.45) is 4.87. The SMILES string of the molecule is CCN=C(NC1CCC(O)CC1)NC1CC1c1ccc(Br)cc1. The first-order chi connectivity index (χ1) is 11.2. The number of benzene rings is 1. The summed E-state index contributed by atoms with van der Waals surface area (Å²) in [6, 6.07) is 9.52. The van der Waals surface area contributed by atoms with Crippen molar-refractivity contribution in [1.29, 1.82) is 0 Å². The molecule has 0 aromatic heterocycles. The minimum atomic E-state index is -0.113.